The molecule has 4 rings (SSSR count). The third kappa shape index (κ3) is 4.28. The van der Waals surface area contributed by atoms with E-state index < -0.39 is 0 Å². The van der Waals surface area contributed by atoms with Gasteiger partial charge in [0.1, 0.15) is 5.69 Å². The lowest BCUT2D eigenvalue weighted by atomic mass is 10.0. The zero-order valence-electron chi connectivity index (χ0n) is 15.3. The van der Waals surface area contributed by atoms with Crippen LogP contribution in [0.15, 0.2) is 77.6 Å². The van der Waals surface area contributed by atoms with E-state index in [9.17, 15) is 4.79 Å². The number of nitrogens with one attached hydrogen (secondary N) is 1. The largest absolute Gasteiger partial charge is 0.399 e. The molecule has 0 spiro atoms. The van der Waals surface area contributed by atoms with Crippen molar-refractivity contribution in [3.8, 4) is 22.4 Å². The van der Waals surface area contributed by atoms with Gasteiger partial charge in [-0.2, -0.15) is 0 Å². The van der Waals surface area contributed by atoms with Gasteiger partial charge in [0.05, 0.1) is 12.0 Å². The normalized spacial score (nSPS) is 10.7. The predicted octanol–water partition coefficient (Wildman–Crippen LogP) is 4.82. The van der Waals surface area contributed by atoms with Crippen LogP contribution in [0.1, 0.15) is 5.56 Å². The van der Waals surface area contributed by atoms with E-state index in [2.05, 4.69) is 15.5 Å². The molecular weight excluding hydrogens is 388 g/mol. The Morgan fingerprint density at radius 2 is 1.79 bits per heavy atom. The van der Waals surface area contributed by atoms with E-state index in [1.165, 1.54) is 0 Å². The van der Waals surface area contributed by atoms with Gasteiger partial charge in [-0.15, -0.1) is 0 Å². The summed E-state index contributed by atoms with van der Waals surface area (Å²) in [5.41, 5.74) is 10.0. The van der Waals surface area contributed by atoms with Crippen molar-refractivity contribution in [3.63, 3.8) is 0 Å². The van der Waals surface area contributed by atoms with Crippen molar-refractivity contribution in [2.45, 2.75) is 6.42 Å². The van der Waals surface area contributed by atoms with Gasteiger partial charge in [0.25, 0.3) is 0 Å². The molecule has 0 saturated heterocycles. The molecule has 0 radical (unpaired) electrons. The van der Waals surface area contributed by atoms with E-state index in [1.807, 2.05) is 36.4 Å². The van der Waals surface area contributed by atoms with E-state index in [4.69, 9.17) is 21.9 Å². The molecule has 6 nitrogen and oxygen atoms in total. The highest BCUT2D eigenvalue weighted by molar-refractivity contribution is 6.30. The van der Waals surface area contributed by atoms with Crippen LogP contribution in [0.3, 0.4) is 0 Å². The third-order valence-corrected chi connectivity index (χ3v) is 4.59. The Morgan fingerprint density at radius 1 is 1.03 bits per heavy atom. The monoisotopic (exact) mass is 404 g/mol. The number of benzene rings is 2. The maximum atomic E-state index is 12.6. The van der Waals surface area contributed by atoms with E-state index >= 15 is 0 Å². The van der Waals surface area contributed by atoms with Crippen molar-refractivity contribution in [1.82, 2.24) is 10.1 Å². The number of aromatic nitrogens is 2. The second-order valence-electron chi connectivity index (χ2n) is 6.45. The summed E-state index contributed by atoms with van der Waals surface area (Å²) in [4.78, 5) is 16.6. The van der Waals surface area contributed by atoms with Gasteiger partial charge >= 0.3 is 0 Å². The fourth-order valence-electron chi connectivity index (χ4n) is 2.99. The van der Waals surface area contributed by atoms with Crippen molar-refractivity contribution in [2.75, 3.05) is 11.1 Å². The molecule has 0 bridgehead atoms. The summed E-state index contributed by atoms with van der Waals surface area (Å²) in [6.45, 7) is 0. The first-order chi connectivity index (χ1) is 14.1. The van der Waals surface area contributed by atoms with Crippen LogP contribution in [0.4, 0.5) is 11.6 Å². The zero-order valence-corrected chi connectivity index (χ0v) is 16.1. The van der Waals surface area contributed by atoms with Crippen LogP contribution in [-0.4, -0.2) is 16.0 Å². The Balaban J connectivity index is 1.68. The van der Waals surface area contributed by atoms with Crippen molar-refractivity contribution in [2.24, 2.45) is 0 Å². The predicted molar refractivity (Wildman–Crippen MR) is 113 cm³/mol. The number of anilines is 2. The van der Waals surface area contributed by atoms with E-state index in [-0.39, 0.29) is 18.2 Å². The Bertz CT molecular complexity index is 1140. The molecule has 2 aromatic heterocycles. The minimum Gasteiger partial charge on any atom is -0.399 e. The number of hydrogen-bond acceptors (Lipinski definition) is 5. The van der Waals surface area contributed by atoms with Crippen molar-refractivity contribution in [3.05, 3.63) is 83.6 Å². The second kappa shape index (κ2) is 8.16. The van der Waals surface area contributed by atoms with Gasteiger partial charge < -0.3 is 10.3 Å². The number of nitrogen functional groups attached to an aromatic ring is 1. The molecule has 144 valence electrons. The Morgan fingerprint density at radius 3 is 2.52 bits per heavy atom. The summed E-state index contributed by atoms with van der Waals surface area (Å²) in [5, 5.41) is 7.60. The Kier molecular flexibility index (Phi) is 5.27. The van der Waals surface area contributed by atoms with Crippen LogP contribution in [0.2, 0.25) is 5.02 Å². The first-order valence-electron chi connectivity index (χ1n) is 8.90. The smallest absolute Gasteiger partial charge is 0.239 e. The fourth-order valence-corrected chi connectivity index (χ4v) is 3.18. The van der Waals surface area contributed by atoms with Gasteiger partial charge in [0, 0.05) is 28.7 Å². The minimum atomic E-state index is -0.223. The highest BCUT2D eigenvalue weighted by Gasteiger charge is 2.21. The molecule has 0 aliphatic carbocycles. The molecule has 0 unspecified atom stereocenters. The first kappa shape index (κ1) is 18.7. The lowest BCUT2D eigenvalue weighted by Crippen LogP contribution is -2.14. The molecule has 0 aliphatic heterocycles. The van der Waals surface area contributed by atoms with E-state index in [0.29, 0.717) is 22.0 Å². The molecule has 3 N–H and O–H groups in total. The van der Waals surface area contributed by atoms with Crippen LogP contribution in [0.25, 0.3) is 22.4 Å². The lowest BCUT2D eigenvalue weighted by molar-refractivity contribution is -0.115. The van der Waals surface area contributed by atoms with Crippen LogP contribution in [0, 0.1) is 0 Å². The van der Waals surface area contributed by atoms with Crippen LogP contribution in [0.5, 0.6) is 0 Å². The van der Waals surface area contributed by atoms with E-state index in [0.717, 1.165) is 16.7 Å². The summed E-state index contributed by atoms with van der Waals surface area (Å²) in [6, 6.07) is 18.1. The molecule has 0 fully saturated rings. The number of nitrogens with zero attached hydrogens (tertiary/aromatic N) is 2. The molecule has 0 aliphatic rings. The number of amides is 1. The Labute approximate surface area is 172 Å². The van der Waals surface area contributed by atoms with Gasteiger partial charge in [0.15, 0.2) is 0 Å². The zero-order chi connectivity index (χ0) is 20.2. The third-order valence-electron chi connectivity index (χ3n) is 4.36. The SMILES string of the molecule is Nc1ccc(CC(=O)Nc2onc(-c3cccc(Cl)c3)c2-c2ccncc2)cc1. The van der Waals surface area contributed by atoms with Crippen LogP contribution < -0.4 is 11.1 Å². The molecule has 2 heterocycles. The standard InChI is InChI=1S/C22H17ClN4O2/c23-17-3-1-2-16(13-17)21-20(15-8-10-25-11-9-15)22(29-27-21)26-19(28)12-14-4-6-18(24)7-5-14/h1-11,13H,12,24H2,(H,26,28). The average Bonchev–Trinajstić information content (AvgIpc) is 3.14. The summed E-state index contributed by atoms with van der Waals surface area (Å²) in [6.07, 6.45) is 3.53. The molecule has 0 saturated carbocycles. The number of hydrogen-bond donors (Lipinski definition) is 2. The Hall–Kier alpha value is -3.64. The average molecular weight is 405 g/mol. The van der Waals surface area contributed by atoms with Gasteiger partial charge in [-0.3, -0.25) is 15.1 Å². The number of rotatable bonds is 5. The van der Waals surface area contributed by atoms with E-state index in [1.54, 1.807) is 36.7 Å². The highest BCUT2D eigenvalue weighted by atomic mass is 35.5. The first-order valence-corrected chi connectivity index (χ1v) is 9.28. The molecular formula is C22H17ClN4O2. The summed E-state index contributed by atoms with van der Waals surface area (Å²) < 4.78 is 5.51. The minimum absolute atomic E-state index is 0.184. The fraction of sp³-hybridized carbons (Fsp3) is 0.0455. The van der Waals surface area contributed by atoms with Crippen molar-refractivity contribution < 1.29 is 9.32 Å². The van der Waals surface area contributed by atoms with Crippen molar-refractivity contribution in [1.29, 1.82) is 0 Å². The van der Waals surface area contributed by atoms with Gasteiger partial charge in [-0.25, -0.2) is 0 Å². The lowest BCUT2D eigenvalue weighted by Gasteiger charge is -2.07. The molecule has 29 heavy (non-hydrogen) atoms. The maximum absolute atomic E-state index is 12.6. The topological polar surface area (TPSA) is 94.0 Å². The van der Waals surface area contributed by atoms with Crippen LogP contribution in [-0.2, 0) is 11.2 Å². The summed E-state index contributed by atoms with van der Waals surface area (Å²) in [5.74, 6) is 0.0468. The maximum Gasteiger partial charge on any atom is 0.239 e. The number of pyridine rings is 1. The highest BCUT2D eigenvalue weighted by Crippen LogP contribution is 2.38. The number of halogens is 1. The molecule has 4 aromatic rings. The van der Waals surface area contributed by atoms with Gasteiger partial charge in [-0.05, 0) is 47.5 Å². The van der Waals surface area contributed by atoms with Crippen LogP contribution >= 0.6 is 11.6 Å². The van der Waals surface area contributed by atoms with Gasteiger partial charge in [-0.1, -0.05) is 41.0 Å². The number of carbonyl (C=O) groups excluding carboxylic acids is 1. The second-order valence-corrected chi connectivity index (χ2v) is 6.88. The molecule has 1 amide bonds. The summed E-state index contributed by atoms with van der Waals surface area (Å²) >= 11 is 6.14. The molecule has 0 atom stereocenters. The quantitative estimate of drug-likeness (QED) is 0.465. The van der Waals surface area contributed by atoms with Crippen molar-refractivity contribution >= 4 is 29.1 Å². The number of nitrogens with two attached hydrogens (primary N) is 1. The molecule has 2 aromatic carbocycles. The van der Waals surface area contributed by atoms with Gasteiger partial charge in [0.2, 0.25) is 11.8 Å². The number of carbonyl (C=O) groups is 1. The molecule has 7 heteroatoms. The summed E-state index contributed by atoms with van der Waals surface area (Å²) in [7, 11) is 0.